The predicted molar refractivity (Wildman–Crippen MR) is 119 cm³/mol. The molecule has 1 aromatic heterocycles. The minimum atomic E-state index is -0.274. The van der Waals surface area contributed by atoms with Gasteiger partial charge in [0.05, 0.1) is 0 Å². The Morgan fingerprint density at radius 3 is 2.43 bits per heavy atom. The van der Waals surface area contributed by atoms with Crippen LogP contribution < -0.4 is 5.32 Å². The Balaban J connectivity index is 0.00000218. The molecule has 0 saturated carbocycles. The number of hydrogen-bond donors (Lipinski definition) is 2. The van der Waals surface area contributed by atoms with Gasteiger partial charge in [0.25, 0.3) is 0 Å². The molecule has 1 aliphatic rings. The van der Waals surface area contributed by atoms with Crippen LogP contribution in [-0.4, -0.2) is 21.2 Å². The van der Waals surface area contributed by atoms with Crippen LogP contribution in [-0.2, 0) is 19.4 Å². The first-order chi connectivity index (χ1) is 14.3. The summed E-state index contributed by atoms with van der Waals surface area (Å²) in [6, 6.07) is 22.3. The fraction of sp³-hybridized carbons (Fsp3) is 0.167. The summed E-state index contributed by atoms with van der Waals surface area (Å²) in [4.78, 5) is 4.08. The number of hydrogen-bond acceptors (Lipinski definition) is 3. The molecule has 0 amide bonds. The first-order valence-corrected chi connectivity index (χ1v) is 9.81. The van der Waals surface area contributed by atoms with Gasteiger partial charge in [0.1, 0.15) is 12.1 Å². The van der Waals surface area contributed by atoms with Gasteiger partial charge in [-0.15, -0.1) is 12.4 Å². The van der Waals surface area contributed by atoms with Crippen LogP contribution in [0.4, 0.5) is 4.39 Å². The van der Waals surface area contributed by atoms with Crippen molar-refractivity contribution in [2.24, 2.45) is 0 Å². The van der Waals surface area contributed by atoms with Gasteiger partial charge in [0, 0.05) is 23.7 Å². The van der Waals surface area contributed by atoms with Gasteiger partial charge in [-0.2, -0.15) is 5.10 Å². The van der Waals surface area contributed by atoms with E-state index >= 15 is 0 Å². The van der Waals surface area contributed by atoms with Gasteiger partial charge < -0.3 is 5.32 Å². The number of benzene rings is 3. The standard InChI is InChI=1S/C24H21FN4.ClH/c25-23-13-20(24-27-15-28-29-24)8-9-22(23)19-7-3-4-16(10-19)14-26-21-11-17-5-1-2-6-18(17)12-21;/h1-10,13,15,21,26H,11-12,14H2,(H,27,28,29);1H. The quantitative estimate of drug-likeness (QED) is 0.480. The normalized spacial score (nSPS) is 13.1. The third kappa shape index (κ3) is 4.13. The molecule has 1 heterocycles. The highest BCUT2D eigenvalue weighted by Crippen LogP contribution is 2.27. The number of aromatic amines is 1. The second-order valence-corrected chi connectivity index (χ2v) is 7.47. The average molecular weight is 421 g/mol. The SMILES string of the molecule is Cl.Fc1cc(-c2nc[nH]n2)ccc1-c1cccc(CNC2Cc3ccccc3C2)c1. The molecular weight excluding hydrogens is 399 g/mol. The van der Waals surface area contributed by atoms with Crippen molar-refractivity contribution in [2.45, 2.75) is 25.4 Å². The highest BCUT2D eigenvalue weighted by Gasteiger charge is 2.20. The van der Waals surface area contributed by atoms with Crippen molar-refractivity contribution < 1.29 is 4.39 Å². The van der Waals surface area contributed by atoms with Gasteiger partial charge in [-0.25, -0.2) is 9.37 Å². The number of rotatable bonds is 5. The average Bonchev–Trinajstić information content (AvgIpc) is 3.42. The maximum Gasteiger partial charge on any atom is 0.180 e. The van der Waals surface area contributed by atoms with Gasteiger partial charge >= 0.3 is 0 Å². The number of nitrogens with one attached hydrogen (secondary N) is 2. The summed E-state index contributed by atoms with van der Waals surface area (Å²) in [5, 5.41) is 10.3. The van der Waals surface area contributed by atoms with Crippen molar-refractivity contribution in [1.29, 1.82) is 0 Å². The van der Waals surface area contributed by atoms with Crippen LogP contribution in [0.1, 0.15) is 16.7 Å². The van der Waals surface area contributed by atoms with Gasteiger partial charge in [-0.1, -0.05) is 54.6 Å². The maximum atomic E-state index is 14.8. The smallest absolute Gasteiger partial charge is 0.180 e. The molecule has 0 aliphatic heterocycles. The Bertz CT molecular complexity index is 1120. The van der Waals surface area contributed by atoms with E-state index in [0.717, 1.165) is 30.5 Å². The van der Waals surface area contributed by atoms with Crippen LogP contribution in [0.25, 0.3) is 22.5 Å². The molecule has 3 aromatic carbocycles. The lowest BCUT2D eigenvalue weighted by molar-refractivity contribution is 0.533. The Labute approximate surface area is 181 Å². The number of fused-ring (bicyclic) bond motifs is 1. The van der Waals surface area contributed by atoms with E-state index < -0.39 is 0 Å². The van der Waals surface area contributed by atoms with E-state index in [9.17, 15) is 4.39 Å². The van der Waals surface area contributed by atoms with Crippen LogP contribution in [0.15, 0.2) is 73.1 Å². The summed E-state index contributed by atoms with van der Waals surface area (Å²) in [6.07, 6.45) is 3.61. The summed E-state index contributed by atoms with van der Waals surface area (Å²) in [5.41, 5.74) is 6.14. The molecule has 2 N–H and O–H groups in total. The lowest BCUT2D eigenvalue weighted by Crippen LogP contribution is -2.28. The topological polar surface area (TPSA) is 53.6 Å². The maximum absolute atomic E-state index is 14.8. The zero-order valence-electron chi connectivity index (χ0n) is 16.3. The molecule has 0 atom stereocenters. The Morgan fingerprint density at radius 1 is 0.933 bits per heavy atom. The molecule has 1 aliphatic carbocycles. The third-order valence-electron chi connectivity index (χ3n) is 5.53. The molecule has 5 rings (SSSR count). The fourth-order valence-corrected chi connectivity index (χ4v) is 4.05. The Morgan fingerprint density at radius 2 is 1.73 bits per heavy atom. The predicted octanol–water partition coefficient (Wildman–Crippen LogP) is 4.96. The van der Waals surface area contributed by atoms with Crippen molar-refractivity contribution in [2.75, 3.05) is 0 Å². The molecule has 30 heavy (non-hydrogen) atoms. The summed E-state index contributed by atoms with van der Waals surface area (Å²) >= 11 is 0. The van der Waals surface area contributed by atoms with Gasteiger partial charge in [0.15, 0.2) is 5.82 Å². The minimum Gasteiger partial charge on any atom is -0.309 e. The summed E-state index contributed by atoms with van der Waals surface area (Å²) in [6.45, 7) is 0.767. The van der Waals surface area contributed by atoms with E-state index in [0.29, 0.717) is 23.0 Å². The lowest BCUT2D eigenvalue weighted by Gasteiger charge is -2.13. The van der Waals surface area contributed by atoms with E-state index in [4.69, 9.17) is 0 Å². The molecule has 152 valence electrons. The number of H-pyrrole nitrogens is 1. The van der Waals surface area contributed by atoms with Crippen LogP contribution in [0.2, 0.25) is 0 Å². The second kappa shape index (κ2) is 8.78. The lowest BCUT2D eigenvalue weighted by atomic mass is 10.0. The number of aromatic nitrogens is 3. The van der Waals surface area contributed by atoms with Crippen LogP contribution in [0.5, 0.6) is 0 Å². The number of nitrogens with zero attached hydrogens (tertiary/aromatic N) is 2. The van der Waals surface area contributed by atoms with Crippen molar-refractivity contribution >= 4 is 12.4 Å². The zero-order valence-corrected chi connectivity index (χ0v) is 17.1. The molecule has 0 saturated heterocycles. The van der Waals surface area contributed by atoms with E-state index in [1.54, 1.807) is 6.07 Å². The van der Waals surface area contributed by atoms with Gasteiger partial charge in [-0.05, 0) is 47.2 Å². The molecule has 6 heteroatoms. The molecule has 0 unspecified atom stereocenters. The van der Waals surface area contributed by atoms with Crippen LogP contribution >= 0.6 is 12.4 Å². The van der Waals surface area contributed by atoms with Crippen molar-refractivity contribution in [3.8, 4) is 22.5 Å². The molecule has 0 fully saturated rings. The third-order valence-corrected chi connectivity index (χ3v) is 5.53. The molecular formula is C24H22ClFN4. The number of halogens is 2. The van der Waals surface area contributed by atoms with Crippen molar-refractivity contribution in [3.63, 3.8) is 0 Å². The molecule has 0 spiro atoms. The van der Waals surface area contributed by atoms with E-state index in [1.165, 1.54) is 23.5 Å². The summed E-state index contributed by atoms with van der Waals surface area (Å²) in [5.74, 6) is 0.217. The molecule has 4 nitrogen and oxygen atoms in total. The highest BCUT2D eigenvalue weighted by molar-refractivity contribution is 5.85. The Kier molecular flexibility index (Phi) is 5.93. The van der Waals surface area contributed by atoms with E-state index in [2.05, 4.69) is 56.9 Å². The monoisotopic (exact) mass is 420 g/mol. The van der Waals surface area contributed by atoms with E-state index in [1.807, 2.05) is 18.2 Å². The molecule has 0 radical (unpaired) electrons. The van der Waals surface area contributed by atoms with Crippen LogP contribution in [0.3, 0.4) is 0 Å². The first-order valence-electron chi connectivity index (χ1n) is 9.81. The van der Waals surface area contributed by atoms with Gasteiger partial charge in [0.2, 0.25) is 0 Å². The minimum absolute atomic E-state index is 0. The largest absolute Gasteiger partial charge is 0.309 e. The first kappa shape index (κ1) is 20.3. The summed E-state index contributed by atoms with van der Waals surface area (Å²) < 4.78 is 14.8. The molecule has 4 aromatic rings. The highest BCUT2D eigenvalue weighted by atomic mass is 35.5. The fourth-order valence-electron chi connectivity index (χ4n) is 4.05. The second-order valence-electron chi connectivity index (χ2n) is 7.47. The van der Waals surface area contributed by atoms with Gasteiger partial charge in [-0.3, -0.25) is 5.10 Å². The van der Waals surface area contributed by atoms with E-state index in [-0.39, 0.29) is 18.2 Å². The van der Waals surface area contributed by atoms with Crippen LogP contribution in [0, 0.1) is 5.82 Å². The molecule has 0 bridgehead atoms. The summed E-state index contributed by atoms with van der Waals surface area (Å²) in [7, 11) is 0. The van der Waals surface area contributed by atoms with Crippen molar-refractivity contribution in [3.05, 3.63) is 95.6 Å². The van der Waals surface area contributed by atoms with Crippen molar-refractivity contribution in [1.82, 2.24) is 20.5 Å². The Hall–Kier alpha value is -3.02. The zero-order chi connectivity index (χ0) is 19.6.